The minimum Gasteiger partial charge on any atom is -0.507 e. The van der Waals surface area contributed by atoms with Gasteiger partial charge < -0.3 is 9.67 Å². The Bertz CT molecular complexity index is 3400. The lowest BCUT2D eigenvalue weighted by molar-refractivity contribution is 0.477. The van der Waals surface area contributed by atoms with E-state index in [0.29, 0.717) is 11.3 Å². The molecule has 11 aromatic rings. The molecular weight excluding hydrogens is 751 g/mol. The van der Waals surface area contributed by atoms with Gasteiger partial charge in [-0.15, -0.1) is 11.3 Å². The van der Waals surface area contributed by atoms with Crippen molar-refractivity contribution in [3.05, 3.63) is 206 Å². The van der Waals surface area contributed by atoms with Crippen molar-refractivity contribution >= 4 is 42.4 Å². The number of hydrogen-bond donors (Lipinski definition) is 1. The highest BCUT2D eigenvalue weighted by atomic mass is 32.1. The zero-order valence-corrected chi connectivity index (χ0v) is 33.6. The molecule has 5 heteroatoms. The second-order valence-electron chi connectivity index (χ2n) is 15.2. The van der Waals surface area contributed by atoms with Crippen molar-refractivity contribution in [2.45, 2.75) is 6.92 Å². The Hall–Kier alpha value is -7.60. The van der Waals surface area contributed by atoms with Crippen molar-refractivity contribution < 1.29 is 5.11 Å². The number of aryl methyl sites for hydroxylation is 1. The van der Waals surface area contributed by atoms with Crippen LogP contribution in [0.4, 0.5) is 0 Å². The van der Waals surface area contributed by atoms with Crippen LogP contribution < -0.4 is 0 Å². The van der Waals surface area contributed by atoms with Crippen molar-refractivity contribution in [1.82, 2.24) is 14.5 Å². The predicted molar refractivity (Wildman–Crippen MR) is 251 cm³/mol. The lowest BCUT2D eigenvalue weighted by Crippen LogP contribution is -1.99. The highest BCUT2D eigenvalue weighted by molar-refractivity contribution is 7.25. The van der Waals surface area contributed by atoms with Gasteiger partial charge in [0.05, 0.1) is 28.3 Å². The molecule has 0 spiro atoms. The van der Waals surface area contributed by atoms with E-state index < -0.39 is 0 Å². The van der Waals surface area contributed by atoms with Gasteiger partial charge in [0, 0.05) is 64.8 Å². The van der Waals surface area contributed by atoms with Gasteiger partial charge in [-0.3, -0.25) is 4.98 Å². The van der Waals surface area contributed by atoms with E-state index in [9.17, 15) is 5.11 Å². The van der Waals surface area contributed by atoms with E-state index in [-0.39, 0.29) is 5.75 Å². The molecule has 0 unspecified atom stereocenters. The second kappa shape index (κ2) is 14.7. The quantitative estimate of drug-likeness (QED) is 0.175. The van der Waals surface area contributed by atoms with Crippen LogP contribution in [-0.2, 0) is 0 Å². The summed E-state index contributed by atoms with van der Waals surface area (Å²) in [6.45, 7) is 2.08. The Morgan fingerprint density at radius 2 is 1.07 bits per heavy atom. The first-order chi connectivity index (χ1) is 29.6. The number of pyridine rings is 2. The Morgan fingerprint density at radius 3 is 1.88 bits per heavy atom. The molecule has 4 aromatic heterocycles. The van der Waals surface area contributed by atoms with Crippen molar-refractivity contribution in [1.29, 1.82) is 0 Å². The van der Waals surface area contributed by atoms with Crippen LogP contribution in [0.5, 0.6) is 5.75 Å². The maximum absolute atomic E-state index is 10.9. The topological polar surface area (TPSA) is 50.9 Å². The highest BCUT2D eigenvalue weighted by Gasteiger charge is 2.23. The van der Waals surface area contributed by atoms with E-state index in [1.807, 2.05) is 53.8 Å². The smallest absolute Gasteiger partial charge is 0.124 e. The third kappa shape index (κ3) is 6.24. The zero-order chi connectivity index (χ0) is 40.2. The molecule has 7 aromatic carbocycles. The van der Waals surface area contributed by atoms with E-state index in [1.54, 1.807) is 6.07 Å². The molecular formula is C55H37N3OS. The summed E-state index contributed by atoms with van der Waals surface area (Å²) >= 11 is 1.85. The molecule has 0 radical (unpaired) electrons. The summed E-state index contributed by atoms with van der Waals surface area (Å²) in [5, 5.41) is 14.7. The van der Waals surface area contributed by atoms with Crippen LogP contribution in [-0.4, -0.2) is 19.6 Å². The molecule has 11 rings (SSSR count). The van der Waals surface area contributed by atoms with Gasteiger partial charge >= 0.3 is 0 Å². The number of para-hydroxylation sites is 3. The van der Waals surface area contributed by atoms with Crippen LogP contribution in [0.1, 0.15) is 5.69 Å². The summed E-state index contributed by atoms with van der Waals surface area (Å²) in [6, 6.07) is 69.9. The minimum atomic E-state index is 0.197. The molecule has 60 heavy (non-hydrogen) atoms. The highest BCUT2D eigenvalue weighted by Crippen LogP contribution is 2.46. The summed E-state index contributed by atoms with van der Waals surface area (Å²) < 4.78 is 4.98. The molecule has 0 aliphatic heterocycles. The van der Waals surface area contributed by atoms with E-state index in [1.165, 1.54) is 36.7 Å². The number of thiophene rings is 1. The lowest BCUT2D eigenvalue weighted by atomic mass is 9.95. The predicted octanol–water partition coefficient (Wildman–Crippen LogP) is 14.8. The standard InChI is InChI=1S/C55H37N3OS/c1-35-29-41(33-47(56-35)37-17-14-18-38(30-37)48-31-40(36-15-4-2-5-16-36)32-49(57-48)45-22-9-12-25-51(45)59)55-54(39-27-28-44-43-21-10-13-26-52(43)60-53(44)34-39)46-23-8-11-24-50(46)58(55)42-19-6-3-7-20-42/h2-34,59H,1H3. The van der Waals surface area contributed by atoms with Gasteiger partial charge in [-0.2, -0.15) is 0 Å². The summed E-state index contributed by atoms with van der Waals surface area (Å²) in [5.74, 6) is 0.197. The Kier molecular flexibility index (Phi) is 8.68. The Labute approximate surface area is 352 Å². The van der Waals surface area contributed by atoms with Crippen LogP contribution in [0, 0.1) is 6.92 Å². The molecule has 0 saturated heterocycles. The maximum Gasteiger partial charge on any atom is 0.124 e. The molecule has 284 valence electrons. The molecule has 0 bridgehead atoms. The van der Waals surface area contributed by atoms with Gasteiger partial charge in [0.2, 0.25) is 0 Å². The van der Waals surface area contributed by atoms with E-state index in [0.717, 1.165) is 61.8 Å². The van der Waals surface area contributed by atoms with E-state index in [2.05, 4.69) is 163 Å². The first-order valence-corrected chi connectivity index (χ1v) is 20.9. The average molecular weight is 788 g/mol. The van der Waals surface area contributed by atoms with Gasteiger partial charge in [-0.25, -0.2) is 4.98 Å². The molecule has 0 aliphatic carbocycles. The summed E-state index contributed by atoms with van der Waals surface area (Å²) in [6.07, 6.45) is 0. The number of benzene rings is 7. The van der Waals surface area contributed by atoms with Crippen LogP contribution >= 0.6 is 11.3 Å². The van der Waals surface area contributed by atoms with Crippen molar-refractivity contribution in [3.8, 4) is 78.7 Å². The molecule has 4 heterocycles. The summed E-state index contributed by atoms with van der Waals surface area (Å²) in [5.41, 5.74) is 14.9. The third-order valence-electron chi connectivity index (χ3n) is 11.3. The fraction of sp³-hybridized carbons (Fsp3) is 0.0182. The van der Waals surface area contributed by atoms with Crippen molar-refractivity contribution in [2.75, 3.05) is 0 Å². The van der Waals surface area contributed by atoms with Gasteiger partial charge in [0.25, 0.3) is 0 Å². The molecule has 4 nitrogen and oxygen atoms in total. The van der Waals surface area contributed by atoms with Crippen LogP contribution in [0.15, 0.2) is 200 Å². The van der Waals surface area contributed by atoms with Crippen LogP contribution in [0.3, 0.4) is 0 Å². The zero-order valence-electron chi connectivity index (χ0n) is 32.7. The largest absolute Gasteiger partial charge is 0.507 e. The summed E-state index contributed by atoms with van der Waals surface area (Å²) in [7, 11) is 0. The van der Waals surface area contributed by atoms with Gasteiger partial charge in [-0.1, -0.05) is 127 Å². The summed E-state index contributed by atoms with van der Waals surface area (Å²) in [4.78, 5) is 10.3. The molecule has 0 fully saturated rings. The lowest BCUT2D eigenvalue weighted by Gasteiger charge is -2.16. The number of aromatic nitrogens is 3. The molecule has 0 aliphatic rings. The average Bonchev–Trinajstić information content (AvgIpc) is 3.85. The molecule has 1 N–H and O–H groups in total. The molecule has 0 amide bonds. The first kappa shape index (κ1) is 35.6. The third-order valence-corrected chi connectivity index (χ3v) is 12.5. The maximum atomic E-state index is 10.9. The number of phenols is 1. The minimum absolute atomic E-state index is 0.197. The van der Waals surface area contributed by atoms with Gasteiger partial charge in [-0.05, 0) is 96.4 Å². The SMILES string of the molecule is Cc1cc(-c2c(-c3ccc4c(c3)sc3ccccc34)c3ccccc3n2-c2ccccc2)cc(-c2cccc(-c3cc(-c4ccccc4)cc(-c4ccccc4O)n3)c2)n1. The van der Waals surface area contributed by atoms with Gasteiger partial charge in [0.15, 0.2) is 0 Å². The number of nitrogens with zero attached hydrogens (tertiary/aromatic N) is 3. The fourth-order valence-corrected chi connectivity index (χ4v) is 9.77. The number of aromatic hydroxyl groups is 1. The van der Waals surface area contributed by atoms with Gasteiger partial charge in [0.1, 0.15) is 5.75 Å². The van der Waals surface area contributed by atoms with E-state index >= 15 is 0 Å². The number of fused-ring (bicyclic) bond motifs is 4. The van der Waals surface area contributed by atoms with Crippen LogP contribution in [0.25, 0.3) is 104 Å². The van der Waals surface area contributed by atoms with E-state index in [4.69, 9.17) is 9.97 Å². The fourth-order valence-electron chi connectivity index (χ4n) is 8.63. The molecule has 0 saturated carbocycles. The number of hydrogen-bond acceptors (Lipinski definition) is 4. The number of phenolic OH excluding ortho intramolecular Hbond substituents is 1. The van der Waals surface area contributed by atoms with Crippen molar-refractivity contribution in [2.24, 2.45) is 0 Å². The second-order valence-corrected chi connectivity index (χ2v) is 16.3. The normalized spacial score (nSPS) is 11.5. The Morgan fingerprint density at radius 1 is 0.433 bits per heavy atom. The molecule has 0 atom stereocenters. The van der Waals surface area contributed by atoms with Crippen LogP contribution in [0.2, 0.25) is 0 Å². The Balaban J connectivity index is 1.10. The van der Waals surface area contributed by atoms with Crippen molar-refractivity contribution in [3.63, 3.8) is 0 Å². The monoisotopic (exact) mass is 787 g/mol. The first-order valence-electron chi connectivity index (χ1n) is 20.1. The number of rotatable bonds is 7.